The third kappa shape index (κ3) is 3.39. The Morgan fingerprint density at radius 2 is 2.44 bits per heavy atom. The lowest BCUT2D eigenvalue weighted by Gasteiger charge is -2.00. The van der Waals surface area contributed by atoms with Crippen LogP contribution < -0.4 is 5.32 Å². The van der Waals surface area contributed by atoms with Gasteiger partial charge < -0.3 is 5.32 Å². The molecule has 86 valence electrons. The Bertz CT molecular complexity index is 409. The molecule has 0 bridgehead atoms. The summed E-state index contributed by atoms with van der Waals surface area (Å²) in [7, 11) is 1.94. The zero-order chi connectivity index (χ0) is 11.2. The fourth-order valence-corrected chi connectivity index (χ4v) is 1.95. The lowest BCUT2D eigenvalue weighted by atomic mass is 10.2. The molecular weight excluding hydrogens is 222 g/mol. The van der Waals surface area contributed by atoms with E-state index >= 15 is 0 Å². The molecule has 0 atom stereocenters. The van der Waals surface area contributed by atoms with Crippen molar-refractivity contribution in [3.63, 3.8) is 0 Å². The van der Waals surface area contributed by atoms with Gasteiger partial charge in [-0.3, -0.25) is 4.68 Å². The third-order valence-electron chi connectivity index (χ3n) is 2.29. The van der Waals surface area contributed by atoms with Gasteiger partial charge in [0.05, 0.1) is 11.9 Å². The van der Waals surface area contributed by atoms with Gasteiger partial charge in [-0.2, -0.15) is 5.10 Å². The quantitative estimate of drug-likeness (QED) is 0.761. The number of hydrogen-bond acceptors (Lipinski definition) is 5. The summed E-state index contributed by atoms with van der Waals surface area (Å²) in [5.74, 6) is 0. The van der Waals surface area contributed by atoms with Crippen molar-refractivity contribution in [3.8, 4) is 0 Å². The maximum absolute atomic E-state index is 4.14. The molecule has 2 aromatic rings. The molecule has 0 saturated carbocycles. The highest BCUT2D eigenvalue weighted by atomic mass is 32.1. The summed E-state index contributed by atoms with van der Waals surface area (Å²) in [5.41, 5.74) is 2.31. The van der Waals surface area contributed by atoms with Gasteiger partial charge in [0.15, 0.2) is 0 Å². The number of hydrogen-bond donors (Lipinski definition) is 1. The first-order chi connectivity index (χ1) is 7.84. The van der Waals surface area contributed by atoms with Crippen molar-refractivity contribution in [1.82, 2.24) is 24.7 Å². The molecule has 0 aromatic carbocycles. The second-order valence-electron chi connectivity index (χ2n) is 3.70. The zero-order valence-corrected chi connectivity index (χ0v) is 10.1. The monoisotopic (exact) mass is 237 g/mol. The van der Waals surface area contributed by atoms with Crippen LogP contribution in [0.15, 0.2) is 17.8 Å². The number of aryl methyl sites for hydroxylation is 2. The average Bonchev–Trinajstić information content (AvgIpc) is 2.89. The molecule has 16 heavy (non-hydrogen) atoms. The van der Waals surface area contributed by atoms with Gasteiger partial charge in [0.2, 0.25) is 0 Å². The van der Waals surface area contributed by atoms with Gasteiger partial charge in [-0.05, 0) is 36.5 Å². The standard InChI is InChI=1S/C10H15N5S/c1-15-7-9(5-12-15)3-2-4-11-6-10-8-16-14-13-10/h5,7-8,11H,2-4,6H2,1H3. The van der Waals surface area contributed by atoms with Crippen LogP contribution in [0, 0.1) is 0 Å². The van der Waals surface area contributed by atoms with Crippen LogP contribution in [0.2, 0.25) is 0 Å². The van der Waals surface area contributed by atoms with Gasteiger partial charge in [0.1, 0.15) is 0 Å². The third-order valence-corrected chi connectivity index (χ3v) is 2.84. The highest BCUT2D eigenvalue weighted by molar-refractivity contribution is 7.03. The predicted octanol–water partition coefficient (Wildman–Crippen LogP) is 0.994. The summed E-state index contributed by atoms with van der Waals surface area (Å²) in [5, 5.41) is 13.4. The van der Waals surface area contributed by atoms with E-state index in [9.17, 15) is 0 Å². The Morgan fingerprint density at radius 3 is 3.12 bits per heavy atom. The molecule has 1 N–H and O–H groups in total. The maximum Gasteiger partial charge on any atom is 0.0893 e. The molecular formula is C10H15N5S. The molecule has 6 heteroatoms. The molecule has 0 radical (unpaired) electrons. The van der Waals surface area contributed by atoms with Gasteiger partial charge in [0.25, 0.3) is 0 Å². The minimum absolute atomic E-state index is 0.809. The van der Waals surface area contributed by atoms with Crippen LogP contribution in [0.1, 0.15) is 17.7 Å². The zero-order valence-electron chi connectivity index (χ0n) is 9.26. The van der Waals surface area contributed by atoms with Crippen LogP contribution in [0.3, 0.4) is 0 Å². The molecule has 0 fully saturated rings. The van der Waals surface area contributed by atoms with Crippen molar-refractivity contribution >= 4 is 11.5 Å². The van der Waals surface area contributed by atoms with E-state index in [0.717, 1.165) is 31.6 Å². The van der Waals surface area contributed by atoms with Gasteiger partial charge in [-0.1, -0.05) is 4.49 Å². The van der Waals surface area contributed by atoms with E-state index in [0.29, 0.717) is 0 Å². The molecule has 0 aliphatic carbocycles. The summed E-state index contributed by atoms with van der Waals surface area (Å²) in [4.78, 5) is 0. The number of rotatable bonds is 6. The van der Waals surface area contributed by atoms with E-state index in [-0.39, 0.29) is 0 Å². The second-order valence-corrected chi connectivity index (χ2v) is 4.31. The summed E-state index contributed by atoms with van der Waals surface area (Å²) in [6.45, 7) is 1.80. The summed E-state index contributed by atoms with van der Waals surface area (Å²) in [6, 6.07) is 0. The largest absolute Gasteiger partial charge is 0.311 e. The van der Waals surface area contributed by atoms with Crippen LogP contribution >= 0.6 is 11.5 Å². The van der Waals surface area contributed by atoms with Crippen molar-refractivity contribution in [2.45, 2.75) is 19.4 Å². The summed E-state index contributed by atoms with van der Waals surface area (Å²) >= 11 is 1.39. The molecule has 0 aliphatic rings. The van der Waals surface area contributed by atoms with Gasteiger partial charge in [-0.15, -0.1) is 5.10 Å². The maximum atomic E-state index is 4.14. The highest BCUT2D eigenvalue weighted by Gasteiger charge is 1.97. The first-order valence-corrected chi connectivity index (χ1v) is 6.12. The molecule has 2 aromatic heterocycles. The number of nitrogens with one attached hydrogen (secondary N) is 1. The summed E-state index contributed by atoms with van der Waals surface area (Å²) in [6.07, 6.45) is 6.16. The first-order valence-electron chi connectivity index (χ1n) is 5.29. The predicted molar refractivity (Wildman–Crippen MR) is 63.1 cm³/mol. The highest BCUT2D eigenvalue weighted by Crippen LogP contribution is 2.00. The number of nitrogens with zero attached hydrogens (tertiary/aromatic N) is 4. The fraction of sp³-hybridized carbons (Fsp3) is 0.500. The smallest absolute Gasteiger partial charge is 0.0893 e. The van der Waals surface area contributed by atoms with Gasteiger partial charge in [0, 0.05) is 25.2 Å². The van der Waals surface area contributed by atoms with Gasteiger partial charge in [-0.25, -0.2) is 0 Å². The topological polar surface area (TPSA) is 55.6 Å². The van der Waals surface area contributed by atoms with Crippen molar-refractivity contribution in [1.29, 1.82) is 0 Å². The second kappa shape index (κ2) is 5.72. The van der Waals surface area contributed by atoms with E-state index in [4.69, 9.17) is 0 Å². The molecule has 0 amide bonds. The molecule has 0 saturated heterocycles. The molecule has 2 heterocycles. The molecule has 0 unspecified atom stereocenters. The average molecular weight is 237 g/mol. The molecule has 0 spiro atoms. The molecule has 2 rings (SSSR count). The Balaban J connectivity index is 1.59. The van der Waals surface area contributed by atoms with Crippen LogP contribution in [-0.2, 0) is 20.0 Å². The van der Waals surface area contributed by atoms with E-state index in [2.05, 4.69) is 26.2 Å². The van der Waals surface area contributed by atoms with Crippen molar-refractivity contribution in [2.24, 2.45) is 7.05 Å². The van der Waals surface area contributed by atoms with E-state index in [1.165, 1.54) is 17.1 Å². The van der Waals surface area contributed by atoms with Crippen molar-refractivity contribution in [3.05, 3.63) is 29.0 Å². The lowest BCUT2D eigenvalue weighted by molar-refractivity contribution is 0.639. The summed E-state index contributed by atoms with van der Waals surface area (Å²) < 4.78 is 5.65. The van der Waals surface area contributed by atoms with Crippen LogP contribution in [-0.4, -0.2) is 25.9 Å². The SMILES string of the molecule is Cn1cc(CCCNCc2csnn2)cn1. The number of aromatic nitrogens is 4. The Labute approximate surface area is 98.7 Å². The minimum atomic E-state index is 0.809. The van der Waals surface area contributed by atoms with E-state index in [1.54, 1.807) is 0 Å². The van der Waals surface area contributed by atoms with Crippen molar-refractivity contribution < 1.29 is 0 Å². The van der Waals surface area contributed by atoms with Gasteiger partial charge >= 0.3 is 0 Å². The van der Waals surface area contributed by atoms with E-state index in [1.807, 2.05) is 23.3 Å². The Hall–Kier alpha value is -1.27. The van der Waals surface area contributed by atoms with Crippen molar-refractivity contribution in [2.75, 3.05) is 6.54 Å². The Morgan fingerprint density at radius 1 is 1.50 bits per heavy atom. The Kier molecular flexibility index (Phi) is 4.01. The first kappa shape index (κ1) is 11.2. The molecule has 5 nitrogen and oxygen atoms in total. The van der Waals surface area contributed by atoms with Crippen LogP contribution in [0.25, 0.3) is 0 Å². The molecule has 0 aliphatic heterocycles. The minimum Gasteiger partial charge on any atom is -0.311 e. The van der Waals surface area contributed by atoms with E-state index < -0.39 is 0 Å². The van der Waals surface area contributed by atoms with Crippen LogP contribution in [0.5, 0.6) is 0 Å². The lowest BCUT2D eigenvalue weighted by Crippen LogP contribution is -2.15. The normalized spacial score (nSPS) is 10.8. The van der Waals surface area contributed by atoms with Crippen LogP contribution in [0.4, 0.5) is 0 Å². The fourth-order valence-electron chi connectivity index (χ4n) is 1.50.